The van der Waals surface area contributed by atoms with Crippen molar-refractivity contribution < 1.29 is 22.7 Å². The lowest BCUT2D eigenvalue weighted by atomic mass is 10.1. The molecule has 0 atom stereocenters. The second-order valence-electron chi connectivity index (χ2n) is 7.40. The largest absolute Gasteiger partial charge is 0.490 e. The van der Waals surface area contributed by atoms with Gasteiger partial charge in [-0.3, -0.25) is 10.1 Å². The highest BCUT2D eigenvalue weighted by Gasteiger charge is 2.17. The lowest BCUT2D eigenvalue weighted by Gasteiger charge is -2.11. The Bertz CT molecular complexity index is 1430. The maximum absolute atomic E-state index is 12.4. The van der Waals surface area contributed by atoms with Gasteiger partial charge in [0.2, 0.25) is 19.3 Å². The van der Waals surface area contributed by atoms with Gasteiger partial charge in [0.05, 0.1) is 5.02 Å². The minimum absolute atomic E-state index is 0.0404. The number of halogens is 1. The van der Waals surface area contributed by atoms with Gasteiger partial charge < -0.3 is 9.47 Å². The quantitative estimate of drug-likeness (QED) is 0.187. The van der Waals surface area contributed by atoms with E-state index < -0.39 is 15.7 Å². The topological polar surface area (TPSA) is 131 Å². The average molecular weight is 533 g/mol. The van der Waals surface area contributed by atoms with E-state index in [-0.39, 0.29) is 21.7 Å². The summed E-state index contributed by atoms with van der Waals surface area (Å²) in [5, 5.41) is 19.1. The number of benzene rings is 2. The van der Waals surface area contributed by atoms with Gasteiger partial charge in [0.15, 0.2) is 0 Å². The van der Waals surface area contributed by atoms with E-state index in [9.17, 15) is 18.5 Å². The summed E-state index contributed by atoms with van der Waals surface area (Å²) in [7, 11) is -3.55. The molecule has 0 aliphatic rings. The number of aromatic nitrogens is 2. The molecule has 0 saturated carbocycles. The molecule has 0 spiro atoms. The minimum atomic E-state index is -3.55. The molecule has 2 aromatic carbocycles. The molecule has 12 heteroatoms. The van der Waals surface area contributed by atoms with Gasteiger partial charge in [-0.15, -0.1) is 10.2 Å². The molecule has 3 rings (SSSR count). The second-order valence-corrected chi connectivity index (χ2v) is 11.0. The van der Waals surface area contributed by atoms with Gasteiger partial charge >= 0.3 is 0 Å². The number of nitrogens with zero attached hydrogens (tertiary/aromatic N) is 3. The van der Waals surface area contributed by atoms with Gasteiger partial charge in [-0.1, -0.05) is 35.1 Å². The van der Waals surface area contributed by atoms with Crippen LogP contribution in [0.5, 0.6) is 11.5 Å². The second kappa shape index (κ2) is 11.3. The maximum Gasteiger partial charge on any atom is 0.268 e. The molecule has 1 amide bonds. The first-order valence-electron chi connectivity index (χ1n) is 10.2. The Morgan fingerprint density at radius 1 is 1.14 bits per heavy atom. The predicted octanol–water partition coefficient (Wildman–Crippen LogP) is 4.22. The van der Waals surface area contributed by atoms with Crippen molar-refractivity contribution in [3.8, 4) is 17.6 Å². The molecule has 0 saturated heterocycles. The number of hydrogen-bond acceptors (Lipinski definition) is 9. The van der Waals surface area contributed by atoms with Crippen molar-refractivity contribution in [2.75, 3.05) is 24.8 Å². The molecule has 1 aromatic heterocycles. The molecule has 0 unspecified atom stereocenters. The first-order chi connectivity index (χ1) is 16.6. The first kappa shape index (κ1) is 26.2. The van der Waals surface area contributed by atoms with E-state index in [4.69, 9.17) is 21.1 Å². The zero-order valence-corrected chi connectivity index (χ0v) is 21.4. The molecular weight excluding hydrogens is 512 g/mol. The lowest BCUT2D eigenvalue weighted by molar-refractivity contribution is -0.112. The fourth-order valence-corrected chi connectivity index (χ4v) is 4.48. The summed E-state index contributed by atoms with van der Waals surface area (Å²) in [6.07, 6.45) is 2.32. The smallest absolute Gasteiger partial charge is 0.268 e. The Hall–Kier alpha value is -3.46. The summed E-state index contributed by atoms with van der Waals surface area (Å²) in [4.78, 5) is 12.4. The van der Waals surface area contributed by atoms with Crippen molar-refractivity contribution in [1.29, 1.82) is 5.26 Å². The van der Waals surface area contributed by atoms with Crippen LogP contribution in [-0.4, -0.2) is 44.0 Å². The minimum Gasteiger partial charge on any atom is -0.490 e. The molecule has 0 aliphatic heterocycles. The summed E-state index contributed by atoms with van der Waals surface area (Å²) in [5.41, 5.74) is 2.59. The Labute approximate surface area is 211 Å². The average Bonchev–Trinajstić information content (AvgIpc) is 3.27. The van der Waals surface area contributed by atoms with Crippen molar-refractivity contribution in [3.05, 3.63) is 63.7 Å². The molecule has 1 heterocycles. The van der Waals surface area contributed by atoms with Crippen molar-refractivity contribution in [1.82, 2.24) is 10.2 Å². The summed E-state index contributed by atoms with van der Waals surface area (Å²) < 4.78 is 34.1. The van der Waals surface area contributed by atoms with E-state index in [2.05, 4.69) is 15.5 Å². The number of ether oxygens (including phenoxy) is 2. The molecule has 1 N–H and O–H groups in total. The lowest BCUT2D eigenvalue weighted by Crippen LogP contribution is -2.13. The Morgan fingerprint density at radius 2 is 1.89 bits per heavy atom. The van der Waals surface area contributed by atoms with Gasteiger partial charge in [-0.05, 0) is 60.9 Å². The molecule has 0 fully saturated rings. The molecule has 35 heavy (non-hydrogen) atoms. The highest BCUT2D eigenvalue weighted by molar-refractivity contribution is 7.92. The molecule has 182 valence electrons. The number of nitrogens with one attached hydrogen (secondary N) is 1. The number of hydrogen-bond donors (Lipinski definition) is 1. The van der Waals surface area contributed by atoms with Gasteiger partial charge in [-0.25, -0.2) is 8.42 Å². The van der Waals surface area contributed by atoms with Crippen LogP contribution in [0, 0.1) is 25.2 Å². The zero-order chi connectivity index (χ0) is 25.6. The van der Waals surface area contributed by atoms with Crippen LogP contribution in [-0.2, 0) is 14.6 Å². The number of rotatable bonds is 9. The van der Waals surface area contributed by atoms with Crippen molar-refractivity contribution in [2.45, 2.75) is 18.2 Å². The van der Waals surface area contributed by atoms with Crippen LogP contribution >= 0.6 is 22.9 Å². The van der Waals surface area contributed by atoms with E-state index in [1.54, 1.807) is 24.3 Å². The molecule has 9 nitrogen and oxygen atoms in total. The molecule has 0 bridgehead atoms. The summed E-state index contributed by atoms with van der Waals surface area (Å²) in [6, 6.07) is 12.5. The maximum atomic E-state index is 12.4. The van der Waals surface area contributed by atoms with Crippen molar-refractivity contribution >= 4 is 49.9 Å². The van der Waals surface area contributed by atoms with Crippen molar-refractivity contribution in [3.63, 3.8) is 0 Å². The summed E-state index contributed by atoms with van der Waals surface area (Å²) >= 11 is 6.98. The molecule has 3 aromatic rings. The number of carbonyl (C=O) groups excluding carboxylic acids is 1. The van der Waals surface area contributed by atoms with Crippen LogP contribution in [0.1, 0.15) is 16.7 Å². The number of nitriles is 1. The number of carbonyl (C=O) groups is 1. The molecule has 0 aliphatic carbocycles. The molecular formula is C23H21ClN4O5S2. The van der Waals surface area contributed by atoms with E-state index in [1.165, 1.54) is 11.6 Å². The normalized spacial score (nSPS) is 11.6. The first-order valence-corrected chi connectivity index (χ1v) is 13.2. The van der Waals surface area contributed by atoms with E-state index in [0.717, 1.165) is 17.6 Å². The zero-order valence-electron chi connectivity index (χ0n) is 19.0. The van der Waals surface area contributed by atoms with E-state index in [1.807, 2.05) is 32.0 Å². The van der Waals surface area contributed by atoms with E-state index >= 15 is 0 Å². The summed E-state index contributed by atoms with van der Waals surface area (Å²) in [6.45, 7) is 4.64. The Kier molecular flexibility index (Phi) is 8.45. The standard InChI is InChI=1S/C23H21ClN4O5S2/c1-14-4-6-18(10-15(14)2)32-8-9-33-20-7-5-16(12-19(20)24)11-17(13-25)21(29)26-22-27-28-23(34-22)35(3,30)31/h4-7,10-12H,8-9H2,1-3H3,(H,26,27,29)/b17-11-. The van der Waals surface area contributed by atoms with Gasteiger partial charge in [0, 0.05) is 6.26 Å². The van der Waals surface area contributed by atoms with E-state index in [0.29, 0.717) is 34.3 Å². The van der Waals surface area contributed by atoms with Gasteiger partial charge in [-0.2, -0.15) is 5.26 Å². The SMILES string of the molecule is Cc1ccc(OCCOc2ccc(/C=C(/C#N)C(=O)Nc3nnc(S(C)(=O)=O)s3)cc2Cl)cc1C. The van der Waals surface area contributed by atoms with Crippen LogP contribution in [0.25, 0.3) is 6.08 Å². The van der Waals surface area contributed by atoms with Crippen LogP contribution < -0.4 is 14.8 Å². The highest BCUT2D eigenvalue weighted by Crippen LogP contribution is 2.27. The van der Waals surface area contributed by atoms with Crippen LogP contribution in [0.2, 0.25) is 5.02 Å². The fourth-order valence-electron chi connectivity index (χ4n) is 2.73. The van der Waals surface area contributed by atoms with Crippen LogP contribution in [0.4, 0.5) is 5.13 Å². The molecule has 0 radical (unpaired) electrons. The monoisotopic (exact) mass is 532 g/mol. The van der Waals surface area contributed by atoms with Crippen LogP contribution in [0.15, 0.2) is 46.3 Å². The number of aryl methyl sites for hydroxylation is 2. The number of anilines is 1. The van der Waals surface area contributed by atoms with Crippen molar-refractivity contribution in [2.24, 2.45) is 0 Å². The number of amides is 1. The number of sulfone groups is 1. The third-order valence-electron chi connectivity index (χ3n) is 4.66. The van der Waals surface area contributed by atoms with Crippen LogP contribution in [0.3, 0.4) is 0 Å². The van der Waals surface area contributed by atoms with Gasteiger partial charge in [0.1, 0.15) is 36.4 Å². The van der Waals surface area contributed by atoms with Gasteiger partial charge in [0.25, 0.3) is 5.91 Å². The fraction of sp³-hybridized carbons (Fsp3) is 0.217. The Morgan fingerprint density at radius 3 is 2.51 bits per heavy atom. The predicted molar refractivity (Wildman–Crippen MR) is 134 cm³/mol. The Balaban J connectivity index is 1.60. The summed E-state index contributed by atoms with van der Waals surface area (Å²) in [5.74, 6) is 0.424. The third-order valence-corrected chi connectivity index (χ3v) is 7.47. The highest BCUT2D eigenvalue weighted by atomic mass is 35.5. The third kappa shape index (κ3) is 7.26.